The Morgan fingerprint density at radius 1 is 0.974 bits per heavy atom. The molecular weight excluding hydrogens is 510 g/mol. The lowest BCUT2D eigenvalue weighted by atomic mass is 9.82. The van der Waals surface area contributed by atoms with Crippen molar-refractivity contribution in [2.24, 2.45) is 23.7 Å². The number of hydrogen-bond acceptors (Lipinski definition) is 5. The van der Waals surface area contributed by atoms with Crippen molar-refractivity contribution in [1.29, 1.82) is 0 Å². The van der Waals surface area contributed by atoms with E-state index in [2.05, 4.69) is 21.8 Å². The minimum absolute atomic E-state index is 0.0644. The number of aryl methyl sites for hydroxylation is 3. The van der Waals surface area contributed by atoms with Crippen molar-refractivity contribution >= 4 is 29.1 Å². The number of carbonyl (C=O) groups is 2. The molecule has 2 aliphatic heterocycles. The fourth-order valence-electron chi connectivity index (χ4n) is 6.80. The molecule has 2 amide bonds. The maximum Gasteiger partial charge on any atom is 0.257 e. The van der Waals surface area contributed by atoms with Gasteiger partial charge in [0.05, 0.1) is 17.0 Å². The lowest BCUT2D eigenvalue weighted by Gasteiger charge is -2.32. The van der Waals surface area contributed by atoms with Crippen molar-refractivity contribution in [3.63, 3.8) is 0 Å². The van der Waals surface area contributed by atoms with E-state index < -0.39 is 0 Å². The summed E-state index contributed by atoms with van der Waals surface area (Å²) in [5.74, 6) is 2.14. The third-order valence-electron chi connectivity index (χ3n) is 9.24. The number of aromatic nitrogens is 2. The van der Waals surface area contributed by atoms with Gasteiger partial charge < -0.3 is 14.7 Å². The summed E-state index contributed by atoms with van der Waals surface area (Å²) < 4.78 is 0. The molecule has 2 unspecified atom stereocenters. The first-order valence-electron chi connectivity index (χ1n) is 14.6. The lowest BCUT2D eigenvalue weighted by Crippen LogP contribution is -2.40. The Morgan fingerprint density at radius 2 is 1.62 bits per heavy atom. The molecule has 5 rings (SSSR count). The van der Waals surface area contributed by atoms with Crippen LogP contribution in [0.25, 0.3) is 0 Å². The lowest BCUT2D eigenvalue weighted by molar-refractivity contribution is -0.123. The smallest absolute Gasteiger partial charge is 0.257 e. The highest BCUT2D eigenvalue weighted by Crippen LogP contribution is 2.34. The molecule has 2 saturated heterocycles. The van der Waals surface area contributed by atoms with E-state index in [0.717, 1.165) is 87.5 Å². The van der Waals surface area contributed by atoms with E-state index in [0.29, 0.717) is 34.9 Å². The van der Waals surface area contributed by atoms with Gasteiger partial charge >= 0.3 is 0 Å². The molecule has 1 saturated carbocycles. The van der Waals surface area contributed by atoms with E-state index in [-0.39, 0.29) is 17.7 Å². The van der Waals surface area contributed by atoms with Crippen LogP contribution in [-0.2, 0) is 4.79 Å². The predicted molar refractivity (Wildman–Crippen MR) is 155 cm³/mol. The van der Waals surface area contributed by atoms with Gasteiger partial charge in [-0.1, -0.05) is 24.6 Å². The number of fused-ring (bicyclic) bond motifs is 1. The zero-order valence-corrected chi connectivity index (χ0v) is 24.6. The van der Waals surface area contributed by atoms with Crippen molar-refractivity contribution < 1.29 is 9.59 Å². The van der Waals surface area contributed by atoms with Crippen molar-refractivity contribution in [2.75, 3.05) is 44.2 Å². The van der Waals surface area contributed by atoms with E-state index in [1.54, 1.807) is 0 Å². The first kappa shape index (κ1) is 28.0. The van der Waals surface area contributed by atoms with Crippen LogP contribution in [-0.4, -0.2) is 70.9 Å². The third kappa shape index (κ3) is 6.14. The van der Waals surface area contributed by atoms with Gasteiger partial charge in [-0.15, -0.1) is 0 Å². The van der Waals surface area contributed by atoms with E-state index in [1.165, 1.54) is 6.33 Å². The molecule has 0 bridgehead atoms. The van der Waals surface area contributed by atoms with Crippen LogP contribution in [0.4, 0.5) is 5.69 Å². The Hall–Kier alpha value is -2.51. The van der Waals surface area contributed by atoms with Gasteiger partial charge in [0.2, 0.25) is 5.91 Å². The van der Waals surface area contributed by atoms with Crippen molar-refractivity contribution in [3.05, 3.63) is 52.1 Å². The Labute approximate surface area is 237 Å². The number of benzene rings is 1. The number of rotatable bonds is 7. The maximum absolute atomic E-state index is 13.7. The zero-order chi connectivity index (χ0) is 27.7. The SMILES string of the molecule is Cc1ccc(N(CCCN2CC3CN(C(=O)c4c(C)ncnc4C)CC3C2)C(=O)[C@H]2CC[C@@H](C)CC2)cc1Cl. The highest BCUT2D eigenvalue weighted by molar-refractivity contribution is 6.31. The van der Waals surface area contributed by atoms with Gasteiger partial charge in [0.15, 0.2) is 0 Å². The molecule has 0 radical (unpaired) electrons. The molecule has 1 aliphatic carbocycles. The number of amides is 2. The molecule has 1 aromatic carbocycles. The fourth-order valence-corrected chi connectivity index (χ4v) is 6.97. The second-order valence-corrected chi connectivity index (χ2v) is 12.6. The van der Waals surface area contributed by atoms with Crippen LogP contribution < -0.4 is 4.90 Å². The van der Waals surface area contributed by atoms with Crippen LogP contribution in [0, 0.1) is 44.4 Å². The van der Waals surface area contributed by atoms with E-state index in [9.17, 15) is 9.59 Å². The minimum atomic E-state index is 0.0644. The molecule has 2 atom stereocenters. The van der Waals surface area contributed by atoms with Gasteiger partial charge in [-0.3, -0.25) is 9.59 Å². The second kappa shape index (κ2) is 11.9. The van der Waals surface area contributed by atoms with Crippen molar-refractivity contribution in [1.82, 2.24) is 19.8 Å². The number of hydrogen-bond donors (Lipinski definition) is 0. The molecule has 7 nitrogen and oxygen atoms in total. The summed E-state index contributed by atoms with van der Waals surface area (Å²) in [5, 5.41) is 0.710. The summed E-state index contributed by atoms with van der Waals surface area (Å²) in [4.78, 5) is 41.9. The summed E-state index contributed by atoms with van der Waals surface area (Å²) in [6, 6.07) is 6.01. The average molecular weight is 552 g/mol. The minimum Gasteiger partial charge on any atom is -0.338 e. The monoisotopic (exact) mass is 551 g/mol. The van der Waals surface area contributed by atoms with Crippen LogP contribution in [0.15, 0.2) is 24.5 Å². The van der Waals surface area contributed by atoms with Gasteiger partial charge in [0, 0.05) is 49.4 Å². The van der Waals surface area contributed by atoms with Crippen LogP contribution in [0.3, 0.4) is 0 Å². The quantitative estimate of drug-likeness (QED) is 0.466. The predicted octanol–water partition coefficient (Wildman–Crippen LogP) is 5.31. The number of nitrogens with zero attached hydrogens (tertiary/aromatic N) is 5. The molecule has 39 heavy (non-hydrogen) atoms. The Kier molecular flexibility index (Phi) is 8.57. The number of likely N-dealkylation sites (tertiary alicyclic amines) is 2. The number of anilines is 1. The Bertz CT molecular complexity index is 1180. The third-order valence-corrected chi connectivity index (χ3v) is 9.65. The molecule has 3 heterocycles. The van der Waals surface area contributed by atoms with Gasteiger partial charge in [0.25, 0.3) is 5.91 Å². The molecule has 0 N–H and O–H groups in total. The highest BCUT2D eigenvalue weighted by Gasteiger charge is 2.42. The normalized spacial score (nSPS) is 25.1. The van der Waals surface area contributed by atoms with Gasteiger partial charge in [0.1, 0.15) is 6.33 Å². The second-order valence-electron chi connectivity index (χ2n) is 12.1. The summed E-state index contributed by atoms with van der Waals surface area (Å²) in [6.45, 7) is 13.3. The molecule has 3 fully saturated rings. The summed E-state index contributed by atoms with van der Waals surface area (Å²) in [5.41, 5.74) is 4.10. The Morgan fingerprint density at radius 3 is 2.23 bits per heavy atom. The maximum atomic E-state index is 13.7. The first-order chi connectivity index (χ1) is 18.7. The van der Waals surface area contributed by atoms with Gasteiger partial charge in [-0.05, 0) is 94.9 Å². The highest BCUT2D eigenvalue weighted by atomic mass is 35.5. The topological polar surface area (TPSA) is 69.6 Å². The number of carbonyl (C=O) groups excluding carboxylic acids is 2. The number of halogens is 1. The van der Waals surface area contributed by atoms with Gasteiger partial charge in [-0.2, -0.15) is 0 Å². The standard InChI is InChI=1S/C31H42ClN5O2/c1-20-6-9-24(10-7-20)30(38)37(27-11-8-21(2)28(32)14-27)13-5-12-35-15-25-17-36(18-26(25)16-35)31(39)29-22(3)33-19-34-23(29)4/h8,11,14,19-20,24-26H,5-7,9-10,12-13,15-18H2,1-4H3/t20-,24+,25?,26?. The van der Waals surface area contributed by atoms with E-state index in [4.69, 9.17) is 11.6 Å². The van der Waals surface area contributed by atoms with Crippen molar-refractivity contribution in [3.8, 4) is 0 Å². The molecule has 2 aromatic rings. The molecule has 8 heteroatoms. The molecule has 0 spiro atoms. The molecular formula is C31H42ClN5O2. The Balaban J connectivity index is 1.17. The molecule has 210 valence electrons. The van der Waals surface area contributed by atoms with Crippen LogP contribution >= 0.6 is 11.6 Å². The van der Waals surface area contributed by atoms with Gasteiger partial charge in [-0.25, -0.2) is 9.97 Å². The average Bonchev–Trinajstić information content (AvgIpc) is 3.47. The van der Waals surface area contributed by atoms with E-state index >= 15 is 0 Å². The summed E-state index contributed by atoms with van der Waals surface area (Å²) >= 11 is 6.47. The zero-order valence-electron chi connectivity index (χ0n) is 23.8. The van der Waals surface area contributed by atoms with E-state index in [1.807, 2.05) is 48.8 Å². The summed E-state index contributed by atoms with van der Waals surface area (Å²) in [6.07, 6.45) is 6.67. The fraction of sp³-hybridized carbons (Fsp3) is 0.613. The molecule has 3 aliphatic rings. The van der Waals surface area contributed by atoms with Crippen LogP contribution in [0.5, 0.6) is 0 Å². The molecule has 1 aromatic heterocycles. The summed E-state index contributed by atoms with van der Waals surface area (Å²) in [7, 11) is 0. The van der Waals surface area contributed by atoms with Crippen molar-refractivity contribution in [2.45, 2.75) is 59.8 Å². The van der Waals surface area contributed by atoms with Crippen LogP contribution in [0.2, 0.25) is 5.02 Å². The van der Waals surface area contributed by atoms with Crippen LogP contribution in [0.1, 0.15) is 66.3 Å². The largest absolute Gasteiger partial charge is 0.338 e. The first-order valence-corrected chi connectivity index (χ1v) is 15.0.